The second-order valence-electron chi connectivity index (χ2n) is 18.6. The van der Waals surface area contributed by atoms with Crippen LogP contribution in [0.5, 0.6) is 11.5 Å². The SMILES string of the molecule is COC(=O)N[C@H](C(=O)N1CCC[C@H]1C1=NCC(c2ccc3c(c2)Oc2ccc(C4CN=C([C@@H]5CCCN5C(=O)[C@@H](NC(=O)OC)C5CCOCC5)N4)cc2C3(C)C)N1)C1CCOCC1. The van der Waals surface area contributed by atoms with E-state index in [9.17, 15) is 19.2 Å². The van der Waals surface area contributed by atoms with E-state index in [0.29, 0.717) is 78.3 Å². The highest BCUT2D eigenvalue weighted by Crippen LogP contribution is 2.49. The summed E-state index contributed by atoms with van der Waals surface area (Å²) in [4.78, 5) is 66.6. The number of amides is 4. The number of methoxy groups -OCH3 is 2. The topological polar surface area (TPSA) is 194 Å². The van der Waals surface area contributed by atoms with Crippen molar-refractivity contribution in [3.63, 3.8) is 0 Å². The number of likely N-dealkylation sites (tertiary alicyclic amines) is 2. The Balaban J connectivity index is 0.850. The number of aliphatic imine (C=N–C) groups is 2. The van der Waals surface area contributed by atoms with Crippen molar-refractivity contribution in [2.45, 2.75) is 107 Å². The van der Waals surface area contributed by atoms with Gasteiger partial charge in [-0.3, -0.25) is 19.6 Å². The number of amidine groups is 2. The van der Waals surface area contributed by atoms with Gasteiger partial charge in [0, 0.05) is 56.1 Å². The fourth-order valence-corrected chi connectivity index (χ4v) is 10.9. The number of alkyl carbamates (subject to hydrolysis) is 2. The Kier molecular flexibility index (Phi) is 12.7. The number of rotatable bonds is 10. The van der Waals surface area contributed by atoms with Gasteiger partial charge in [-0.1, -0.05) is 32.0 Å². The van der Waals surface area contributed by atoms with Crippen LogP contribution in [0.1, 0.15) is 99.6 Å². The number of benzene rings is 2. The van der Waals surface area contributed by atoms with Crippen LogP contribution < -0.4 is 26.0 Å². The smallest absolute Gasteiger partial charge is 0.407 e. The lowest BCUT2D eigenvalue weighted by Gasteiger charge is -2.36. The molecular weight excluding hydrogens is 821 g/mol. The Bertz CT molecular complexity index is 2170. The zero-order chi connectivity index (χ0) is 44.5. The Labute approximate surface area is 374 Å². The quantitative estimate of drug-likeness (QED) is 0.263. The molecule has 0 bridgehead atoms. The number of hydrogen-bond acceptors (Lipinski definition) is 13. The summed E-state index contributed by atoms with van der Waals surface area (Å²) >= 11 is 0. The maximum absolute atomic E-state index is 14.1. The minimum atomic E-state index is -0.685. The monoisotopic (exact) mass is 882 g/mol. The minimum Gasteiger partial charge on any atom is -0.457 e. The average molecular weight is 883 g/mol. The third-order valence-corrected chi connectivity index (χ3v) is 14.5. The van der Waals surface area contributed by atoms with Gasteiger partial charge in [0.1, 0.15) is 35.3 Å². The zero-order valence-electron chi connectivity index (χ0n) is 37.4. The summed E-state index contributed by atoms with van der Waals surface area (Å²) in [5, 5.41) is 13.0. The van der Waals surface area contributed by atoms with Gasteiger partial charge in [0.25, 0.3) is 0 Å². The van der Waals surface area contributed by atoms with Gasteiger partial charge in [0.15, 0.2) is 0 Å². The number of hydrogen-bond donors (Lipinski definition) is 4. The number of nitrogens with one attached hydrogen (secondary N) is 4. The van der Waals surface area contributed by atoms with Crippen LogP contribution in [0.4, 0.5) is 9.59 Å². The molecule has 0 spiro atoms. The van der Waals surface area contributed by atoms with Crippen molar-refractivity contribution >= 4 is 35.7 Å². The van der Waals surface area contributed by atoms with Crippen molar-refractivity contribution in [2.24, 2.45) is 21.8 Å². The lowest BCUT2D eigenvalue weighted by molar-refractivity contribution is -0.136. The molecule has 0 aromatic heterocycles. The molecule has 7 aliphatic rings. The first-order valence-electron chi connectivity index (χ1n) is 23.1. The van der Waals surface area contributed by atoms with E-state index >= 15 is 0 Å². The minimum absolute atomic E-state index is 0.0284. The van der Waals surface area contributed by atoms with Crippen molar-refractivity contribution in [3.05, 3.63) is 58.7 Å². The molecule has 17 nitrogen and oxygen atoms in total. The maximum Gasteiger partial charge on any atom is 0.407 e. The summed E-state index contributed by atoms with van der Waals surface area (Å²) < 4.78 is 27.6. The summed E-state index contributed by atoms with van der Waals surface area (Å²) in [7, 11) is 2.63. The van der Waals surface area contributed by atoms with Crippen molar-refractivity contribution in [1.29, 1.82) is 0 Å². The molecule has 64 heavy (non-hydrogen) atoms. The molecule has 9 rings (SSSR count). The van der Waals surface area contributed by atoms with E-state index in [0.717, 1.165) is 71.1 Å². The van der Waals surface area contributed by atoms with E-state index in [2.05, 4.69) is 65.4 Å². The molecule has 7 aliphatic heterocycles. The molecule has 0 saturated carbocycles. The van der Waals surface area contributed by atoms with Gasteiger partial charge in [-0.15, -0.1) is 0 Å². The van der Waals surface area contributed by atoms with Crippen LogP contribution in [-0.2, 0) is 34.0 Å². The van der Waals surface area contributed by atoms with Crippen LogP contribution in [-0.4, -0.2) is 136 Å². The molecule has 4 amide bonds. The van der Waals surface area contributed by atoms with E-state index in [1.165, 1.54) is 14.2 Å². The Morgan fingerprint density at radius 1 is 0.672 bits per heavy atom. The molecule has 4 saturated heterocycles. The van der Waals surface area contributed by atoms with Crippen molar-refractivity contribution in [1.82, 2.24) is 31.1 Å². The molecule has 2 unspecified atom stereocenters. The van der Waals surface area contributed by atoms with Gasteiger partial charge in [-0.2, -0.15) is 0 Å². The summed E-state index contributed by atoms with van der Waals surface area (Å²) in [6.45, 7) is 8.97. The van der Waals surface area contributed by atoms with Crippen molar-refractivity contribution < 1.29 is 42.9 Å². The summed E-state index contributed by atoms with van der Waals surface area (Å²) in [6.07, 6.45) is 4.85. The first-order valence-corrected chi connectivity index (χ1v) is 23.1. The van der Waals surface area contributed by atoms with Crippen LogP contribution in [0.2, 0.25) is 0 Å². The highest BCUT2D eigenvalue weighted by atomic mass is 16.5. The molecule has 4 fully saturated rings. The average Bonchev–Trinajstić information content (AvgIpc) is 4.17. The highest BCUT2D eigenvalue weighted by molar-refractivity contribution is 5.96. The molecule has 0 radical (unpaired) electrons. The van der Waals surface area contributed by atoms with Gasteiger partial charge in [0.2, 0.25) is 11.8 Å². The second kappa shape index (κ2) is 18.6. The first kappa shape index (κ1) is 43.8. The number of carbonyl (C=O) groups is 4. The summed E-state index contributed by atoms with van der Waals surface area (Å²) in [6, 6.07) is 10.9. The molecule has 7 heterocycles. The second-order valence-corrected chi connectivity index (χ2v) is 18.6. The van der Waals surface area contributed by atoms with Gasteiger partial charge < -0.3 is 54.8 Å². The standard InChI is InChI=1S/C47H62N8O9/c1-47(2)31-11-9-30(34-26-49-42(51-34)36-8-6-18-55(36)44(57)40(53-46(59)61-4)28-15-21-63-22-16-28)24-38(31)64-37-12-10-29(23-32(37)47)33-25-48-41(50-33)35-7-5-17-54(35)43(56)39(52-45(58)60-3)27-13-19-62-20-14-27/h9-12,23-24,27-28,33-36,39-40H,5-8,13-22,25-26H2,1-4H3,(H,48,50)(H,49,51)(H,52,58)(H,53,59)/t33?,34?,35-,36-,39-,40-/m0/s1. The van der Waals surface area contributed by atoms with E-state index in [1.807, 2.05) is 15.9 Å². The molecule has 344 valence electrons. The highest BCUT2D eigenvalue weighted by Gasteiger charge is 2.44. The number of nitrogens with zero attached hydrogens (tertiary/aromatic N) is 4. The molecule has 6 atom stereocenters. The molecule has 0 aliphatic carbocycles. The van der Waals surface area contributed by atoms with Gasteiger partial charge in [-0.05, 0) is 92.5 Å². The van der Waals surface area contributed by atoms with Gasteiger partial charge in [-0.25, -0.2) is 9.59 Å². The maximum atomic E-state index is 14.1. The molecule has 17 heteroatoms. The molecular formula is C47H62N8O9. The Morgan fingerprint density at radius 3 is 1.66 bits per heavy atom. The largest absolute Gasteiger partial charge is 0.457 e. The summed E-state index contributed by atoms with van der Waals surface area (Å²) in [5.74, 6) is 2.95. The van der Waals surface area contributed by atoms with Crippen molar-refractivity contribution in [3.8, 4) is 11.5 Å². The molecule has 4 N–H and O–H groups in total. The number of ether oxygens (including phenoxy) is 5. The third kappa shape index (κ3) is 8.60. The summed E-state index contributed by atoms with van der Waals surface area (Å²) in [5.41, 5.74) is 3.95. The fourth-order valence-electron chi connectivity index (χ4n) is 10.9. The third-order valence-electron chi connectivity index (χ3n) is 14.5. The number of carbonyl (C=O) groups excluding carboxylic acids is 4. The van der Waals surface area contributed by atoms with Crippen LogP contribution >= 0.6 is 0 Å². The van der Waals surface area contributed by atoms with Crippen LogP contribution in [0.25, 0.3) is 0 Å². The zero-order valence-corrected chi connectivity index (χ0v) is 37.4. The van der Waals surface area contributed by atoms with E-state index in [1.54, 1.807) is 0 Å². The molecule has 2 aromatic carbocycles. The van der Waals surface area contributed by atoms with E-state index in [4.69, 9.17) is 33.7 Å². The van der Waals surface area contributed by atoms with Gasteiger partial charge >= 0.3 is 12.2 Å². The fraction of sp³-hybridized carbons (Fsp3) is 0.617. The van der Waals surface area contributed by atoms with Crippen molar-refractivity contribution in [2.75, 3.05) is 66.8 Å². The molecule has 2 aromatic rings. The van der Waals surface area contributed by atoms with E-state index in [-0.39, 0.29) is 53.2 Å². The van der Waals surface area contributed by atoms with Gasteiger partial charge in [0.05, 0.1) is 51.5 Å². The Morgan fingerprint density at radius 2 is 1.16 bits per heavy atom. The lowest BCUT2D eigenvalue weighted by Crippen LogP contribution is -2.56. The number of fused-ring (bicyclic) bond motifs is 2. The predicted molar refractivity (Wildman–Crippen MR) is 237 cm³/mol. The first-order chi connectivity index (χ1) is 31.0. The predicted octanol–water partition coefficient (Wildman–Crippen LogP) is 4.49. The van der Waals surface area contributed by atoms with Crippen LogP contribution in [0.3, 0.4) is 0 Å². The van der Waals surface area contributed by atoms with Crippen LogP contribution in [0, 0.1) is 11.8 Å². The normalized spacial score (nSPS) is 26.2. The lowest BCUT2D eigenvalue weighted by atomic mass is 9.74. The van der Waals surface area contributed by atoms with E-state index < -0.39 is 24.3 Å². The Hall–Kier alpha value is -5.42. The van der Waals surface area contributed by atoms with Crippen LogP contribution in [0.15, 0.2) is 46.4 Å².